The van der Waals surface area contributed by atoms with Gasteiger partial charge in [-0.1, -0.05) is 18.5 Å². The van der Waals surface area contributed by atoms with E-state index in [1.54, 1.807) is 18.2 Å². The Hall–Kier alpha value is -2.00. The summed E-state index contributed by atoms with van der Waals surface area (Å²) in [6.07, 6.45) is 2.97. The van der Waals surface area contributed by atoms with E-state index in [1.807, 2.05) is 18.2 Å². The Balaban J connectivity index is 1.71. The molecular formula is C17H14ClNO2. The second-order valence-corrected chi connectivity index (χ2v) is 6.20. The van der Waals surface area contributed by atoms with Crippen LogP contribution in [0.25, 0.3) is 11.6 Å². The minimum atomic E-state index is -0.120. The molecule has 3 nitrogen and oxygen atoms in total. The van der Waals surface area contributed by atoms with Crippen molar-refractivity contribution >= 4 is 34.8 Å². The number of furan rings is 1. The summed E-state index contributed by atoms with van der Waals surface area (Å²) in [4.78, 5) is 12.1. The van der Waals surface area contributed by atoms with Crippen LogP contribution in [0.3, 0.4) is 0 Å². The number of nitrogens with one attached hydrogen (secondary N) is 1. The fourth-order valence-electron chi connectivity index (χ4n) is 2.81. The lowest BCUT2D eigenvalue weighted by molar-refractivity contribution is -0.110. The van der Waals surface area contributed by atoms with E-state index < -0.39 is 0 Å². The number of hydrogen-bond acceptors (Lipinski definition) is 2. The molecule has 2 atom stereocenters. The molecule has 1 aliphatic heterocycles. The van der Waals surface area contributed by atoms with Gasteiger partial charge in [-0.05, 0) is 48.7 Å². The molecule has 0 radical (unpaired) electrons. The van der Waals surface area contributed by atoms with Crippen LogP contribution in [-0.4, -0.2) is 5.91 Å². The molecule has 4 rings (SSSR count). The van der Waals surface area contributed by atoms with Gasteiger partial charge in [-0.15, -0.1) is 0 Å². The van der Waals surface area contributed by atoms with Crippen molar-refractivity contribution in [2.45, 2.75) is 19.3 Å². The molecule has 21 heavy (non-hydrogen) atoms. The maximum absolute atomic E-state index is 12.1. The highest BCUT2D eigenvalue weighted by Crippen LogP contribution is 2.47. The molecule has 1 fully saturated rings. The van der Waals surface area contributed by atoms with Gasteiger partial charge in [0.1, 0.15) is 11.5 Å². The van der Waals surface area contributed by atoms with E-state index in [2.05, 4.69) is 12.2 Å². The molecule has 106 valence electrons. The molecule has 2 aliphatic rings. The Labute approximate surface area is 127 Å². The Kier molecular flexibility index (Phi) is 2.73. The normalized spacial score (nSPS) is 25.0. The monoisotopic (exact) mass is 299 g/mol. The highest BCUT2D eigenvalue weighted by Gasteiger charge is 2.36. The molecule has 1 saturated carbocycles. The number of amides is 1. The van der Waals surface area contributed by atoms with Crippen molar-refractivity contribution in [3.05, 3.63) is 52.4 Å². The van der Waals surface area contributed by atoms with Crippen molar-refractivity contribution in [2.75, 3.05) is 5.32 Å². The molecule has 0 bridgehead atoms. The van der Waals surface area contributed by atoms with Crippen LogP contribution in [0.2, 0.25) is 5.02 Å². The molecule has 1 N–H and O–H groups in total. The molecule has 0 unspecified atom stereocenters. The van der Waals surface area contributed by atoms with Gasteiger partial charge in [-0.25, -0.2) is 0 Å². The van der Waals surface area contributed by atoms with Gasteiger partial charge in [0.15, 0.2) is 0 Å². The standard InChI is InChI=1S/C17H14ClNO2/c1-9-6-12(9)16-5-3-11(21-16)8-14-13-7-10(18)2-4-15(13)19-17(14)20/h2-5,7-9,12H,6H2,1H3,(H,19,20)/b14-8-/t9-,12-/m0/s1. The zero-order chi connectivity index (χ0) is 14.6. The summed E-state index contributed by atoms with van der Waals surface area (Å²) in [5.41, 5.74) is 2.21. The third-order valence-electron chi connectivity index (χ3n) is 4.17. The number of carbonyl (C=O) groups excluding carboxylic acids is 1. The highest BCUT2D eigenvalue weighted by atomic mass is 35.5. The number of carbonyl (C=O) groups is 1. The first-order valence-corrected chi connectivity index (χ1v) is 7.42. The minimum Gasteiger partial charge on any atom is -0.461 e. The predicted molar refractivity (Wildman–Crippen MR) is 83.2 cm³/mol. The predicted octanol–water partition coefficient (Wildman–Crippen LogP) is 4.55. The summed E-state index contributed by atoms with van der Waals surface area (Å²) in [7, 11) is 0. The number of anilines is 1. The molecule has 1 aromatic heterocycles. The number of hydrogen-bond donors (Lipinski definition) is 1. The van der Waals surface area contributed by atoms with Crippen LogP contribution in [0.15, 0.2) is 34.7 Å². The van der Waals surface area contributed by atoms with Crippen LogP contribution in [-0.2, 0) is 4.79 Å². The number of rotatable bonds is 2. The molecule has 4 heteroatoms. The lowest BCUT2D eigenvalue weighted by Gasteiger charge is -1.98. The smallest absolute Gasteiger partial charge is 0.256 e. The lowest BCUT2D eigenvalue weighted by Crippen LogP contribution is -2.03. The molecule has 2 heterocycles. The number of benzene rings is 1. The Morgan fingerprint density at radius 1 is 1.33 bits per heavy atom. The first-order chi connectivity index (χ1) is 10.1. The average Bonchev–Trinajstić information content (AvgIpc) is 2.89. The van der Waals surface area contributed by atoms with Crippen LogP contribution in [0.4, 0.5) is 5.69 Å². The lowest BCUT2D eigenvalue weighted by atomic mass is 10.1. The summed E-state index contributed by atoms with van der Waals surface area (Å²) < 4.78 is 5.84. The van der Waals surface area contributed by atoms with E-state index in [1.165, 1.54) is 6.42 Å². The molecule has 1 amide bonds. The van der Waals surface area contributed by atoms with E-state index in [0.717, 1.165) is 17.0 Å². The quantitative estimate of drug-likeness (QED) is 0.827. The van der Waals surface area contributed by atoms with Crippen molar-refractivity contribution in [3.63, 3.8) is 0 Å². The zero-order valence-corrected chi connectivity index (χ0v) is 12.3. The third-order valence-corrected chi connectivity index (χ3v) is 4.41. The summed E-state index contributed by atoms with van der Waals surface area (Å²) >= 11 is 6.02. The minimum absolute atomic E-state index is 0.120. The SMILES string of the molecule is C[C@H]1C[C@@H]1c1ccc(/C=C2\C(=O)Nc3ccc(Cl)cc32)o1. The third kappa shape index (κ3) is 2.18. The van der Waals surface area contributed by atoms with Gasteiger partial charge in [-0.2, -0.15) is 0 Å². The molecule has 1 aliphatic carbocycles. The second-order valence-electron chi connectivity index (χ2n) is 5.76. The first-order valence-electron chi connectivity index (χ1n) is 7.04. The average molecular weight is 300 g/mol. The van der Waals surface area contributed by atoms with Crippen LogP contribution in [0.5, 0.6) is 0 Å². The van der Waals surface area contributed by atoms with Crippen molar-refractivity contribution in [1.82, 2.24) is 0 Å². The number of halogens is 1. The fourth-order valence-corrected chi connectivity index (χ4v) is 2.98. The molecule has 0 saturated heterocycles. The fraction of sp³-hybridized carbons (Fsp3) is 0.235. The maximum atomic E-state index is 12.1. The van der Waals surface area contributed by atoms with E-state index >= 15 is 0 Å². The van der Waals surface area contributed by atoms with Gasteiger partial charge in [0, 0.05) is 22.2 Å². The topological polar surface area (TPSA) is 42.2 Å². The van der Waals surface area contributed by atoms with Gasteiger partial charge in [-0.3, -0.25) is 4.79 Å². The maximum Gasteiger partial charge on any atom is 0.256 e. The van der Waals surface area contributed by atoms with Gasteiger partial charge < -0.3 is 9.73 Å². The van der Waals surface area contributed by atoms with Gasteiger partial charge >= 0.3 is 0 Å². The van der Waals surface area contributed by atoms with E-state index in [4.69, 9.17) is 16.0 Å². The van der Waals surface area contributed by atoms with Gasteiger partial charge in [0.2, 0.25) is 0 Å². The van der Waals surface area contributed by atoms with Crippen LogP contribution >= 0.6 is 11.6 Å². The van der Waals surface area contributed by atoms with Gasteiger partial charge in [0.25, 0.3) is 5.91 Å². The van der Waals surface area contributed by atoms with Crippen molar-refractivity contribution < 1.29 is 9.21 Å². The van der Waals surface area contributed by atoms with E-state index in [-0.39, 0.29) is 5.91 Å². The Morgan fingerprint density at radius 2 is 2.14 bits per heavy atom. The zero-order valence-electron chi connectivity index (χ0n) is 11.5. The van der Waals surface area contributed by atoms with Crippen molar-refractivity contribution in [1.29, 1.82) is 0 Å². The first kappa shape index (κ1) is 12.7. The van der Waals surface area contributed by atoms with Crippen molar-refractivity contribution in [3.8, 4) is 0 Å². The number of fused-ring (bicyclic) bond motifs is 1. The summed E-state index contributed by atoms with van der Waals surface area (Å²) in [5, 5.41) is 3.45. The largest absolute Gasteiger partial charge is 0.461 e. The van der Waals surface area contributed by atoms with Crippen LogP contribution in [0.1, 0.15) is 36.3 Å². The van der Waals surface area contributed by atoms with E-state index in [9.17, 15) is 4.79 Å². The highest BCUT2D eigenvalue weighted by molar-refractivity contribution is 6.36. The molecule has 1 aromatic carbocycles. The second kappa shape index (κ2) is 4.50. The summed E-state index contributed by atoms with van der Waals surface area (Å²) in [6, 6.07) is 9.31. The summed E-state index contributed by atoms with van der Waals surface area (Å²) in [6.45, 7) is 2.22. The van der Waals surface area contributed by atoms with Crippen LogP contribution in [0, 0.1) is 5.92 Å². The van der Waals surface area contributed by atoms with Crippen LogP contribution < -0.4 is 5.32 Å². The Bertz CT molecular complexity index is 775. The van der Waals surface area contributed by atoms with Gasteiger partial charge in [0.05, 0.1) is 5.57 Å². The summed E-state index contributed by atoms with van der Waals surface area (Å²) in [5.74, 6) is 2.84. The molecule has 0 spiro atoms. The van der Waals surface area contributed by atoms with E-state index in [0.29, 0.717) is 28.2 Å². The molecular weight excluding hydrogens is 286 g/mol. The molecule has 2 aromatic rings. The van der Waals surface area contributed by atoms with Crippen molar-refractivity contribution in [2.24, 2.45) is 5.92 Å². The Morgan fingerprint density at radius 3 is 2.90 bits per heavy atom.